The lowest BCUT2D eigenvalue weighted by Gasteiger charge is -2.10. The summed E-state index contributed by atoms with van der Waals surface area (Å²) in [4.78, 5) is 14.9. The Morgan fingerprint density at radius 1 is 1.17 bits per heavy atom. The average molecular weight is 322 g/mol. The SMILES string of the molecule is Cc1cc(CNCc2cccc(C(=O)O)c2)ccc1-n1cncn1. The molecule has 0 radical (unpaired) electrons. The normalized spacial score (nSPS) is 10.7. The number of carboxylic acid groups (broad SMARTS) is 1. The van der Waals surface area contributed by atoms with Crippen molar-refractivity contribution < 1.29 is 9.90 Å². The summed E-state index contributed by atoms with van der Waals surface area (Å²) in [7, 11) is 0. The molecule has 0 spiro atoms. The van der Waals surface area contributed by atoms with Crippen molar-refractivity contribution in [1.82, 2.24) is 20.1 Å². The summed E-state index contributed by atoms with van der Waals surface area (Å²) in [5.74, 6) is -0.906. The van der Waals surface area contributed by atoms with E-state index in [0.29, 0.717) is 18.7 Å². The lowest BCUT2D eigenvalue weighted by atomic mass is 10.1. The second-order valence-electron chi connectivity index (χ2n) is 5.57. The van der Waals surface area contributed by atoms with Crippen LogP contribution in [0.1, 0.15) is 27.0 Å². The van der Waals surface area contributed by atoms with Gasteiger partial charge in [-0.05, 0) is 41.8 Å². The summed E-state index contributed by atoms with van der Waals surface area (Å²) in [6, 6.07) is 13.1. The van der Waals surface area contributed by atoms with Gasteiger partial charge in [-0.1, -0.05) is 24.3 Å². The van der Waals surface area contributed by atoms with Crippen LogP contribution in [0.3, 0.4) is 0 Å². The monoisotopic (exact) mass is 322 g/mol. The fourth-order valence-corrected chi connectivity index (χ4v) is 2.58. The minimum absolute atomic E-state index is 0.308. The summed E-state index contributed by atoms with van der Waals surface area (Å²) in [5, 5.41) is 16.5. The lowest BCUT2D eigenvalue weighted by Crippen LogP contribution is -2.13. The highest BCUT2D eigenvalue weighted by Gasteiger charge is 2.05. The van der Waals surface area contributed by atoms with Crippen molar-refractivity contribution in [2.45, 2.75) is 20.0 Å². The van der Waals surface area contributed by atoms with Gasteiger partial charge in [-0.2, -0.15) is 5.10 Å². The van der Waals surface area contributed by atoms with Crippen LogP contribution in [0.2, 0.25) is 0 Å². The van der Waals surface area contributed by atoms with Crippen molar-refractivity contribution in [2.24, 2.45) is 0 Å². The molecule has 0 unspecified atom stereocenters. The van der Waals surface area contributed by atoms with Crippen LogP contribution in [0.15, 0.2) is 55.1 Å². The maximum absolute atomic E-state index is 11.0. The van der Waals surface area contributed by atoms with E-state index in [0.717, 1.165) is 22.4 Å². The standard InChI is InChI=1S/C18H18N4O2/c1-13-7-15(5-6-17(13)22-12-20-11-21-22)10-19-9-14-3-2-4-16(8-14)18(23)24/h2-8,11-12,19H,9-10H2,1H3,(H,23,24). The first kappa shape index (κ1) is 15.9. The van der Waals surface area contributed by atoms with E-state index in [-0.39, 0.29) is 0 Å². The number of rotatable bonds is 6. The molecule has 0 saturated carbocycles. The molecular formula is C18H18N4O2. The molecule has 6 nitrogen and oxygen atoms in total. The number of nitrogens with zero attached hydrogens (tertiary/aromatic N) is 3. The summed E-state index contributed by atoms with van der Waals surface area (Å²) >= 11 is 0. The molecule has 0 saturated heterocycles. The molecule has 0 fully saturated rings. The van der Waals surface area contributed by atoms with Crippen LogP contribution >= 0.6 is 0 Å². The van der Waals surface area contributed by atoms with Crippen LogP contribution in [0.4, 0.5) is 0 Å². The molecule has 0 atom stereocenters. The number of hydrogen-bond donors (Lipinski definition) is 2. The average Bonchev–Trinajstić information content (AvgIpc) is 3.09. The van der Waals surface area contributed by atoms with Gasteiger partial charge in [-0.3, -0.25) is 0 Å². The van der Waals surface area contributed by atoms with Crippen LogP contribution in [-0.2, 0) is 13.1 Å². The van der Waals surface area contributed by atoms with Gasteiger partial charge in [-0.15, -0.1) is 0 Å². The van der Waals surface area contributed by atoms with Crippen molar-refractivity contribution in [2.75, 3.05) is 0 Å². The summed E-state index contributed by atoms with van der Waals surface area (Å²) < 4.78 is 1.74. The van der Waals surface area contributed by atoms with Crippen LogP contribution in [-0.4, -0.2) is 25.8 Å². The van der Waals surface area contributed by atoms with Crippen LogP contribution in [0.25, 0.3) is 5.69 Å². The van der Waals surface area contributed by atoms with Crippen molar-refractivity contribution in [3.63, 3.8) is 0 Å². The fraction of sp³-hybridized carbons (Fsp3) is 0.167. The highest BCUT2D eigenvalue weighted by atomic mass is 16.4. The van der Waals surface area contributed by atoms with Gasteiger partial charge in [0.15, 0.2) is 0 Å². The van der Waals surface area contributed by atoms with E-state index >= 15 is 0 Å². The number of benzene rings is 2. The quantitative estimate of drug-likeness (QED) is 0.729. The predicted octanol–water partition coefficient (Wildman–Crippen LogP) is 2.56. The molecule has 24 heavy (non-hydrogen) atoms. The molecule has 3 aromatic rings. The number of carbonyl (C=O) groups is 1. The molecule has 0 aliphatic heterocycles. The van der Waals surface area contributed by atoms with Crippen LogP contribution in [0, 0.1) is 6.92 Å². The second kappa shape index (κ2) is 7.06. The van der Waals surface area contributed by atoms with Gasteiger partial charge < -0.3 is 10.4 Å². The van der Waals surface area contributed by atoms with E-state index < -0.39 is 5.97 Å². The highest BCUT2D eigenvalue weighted by molar-refractivity contribution is 5.87. The topological polar surface area (TPSA) is 80.0 Å². The van der Waals surface area contributed by atoms with Crippen molar-refractivity contribution in [3.05, 3.63) is 77.4 Å². The first-order valence-electron chi connectivity index (χ1n) is 7.61. The number of nitrogens with one attached hydrogen (secondary N) is 1. The van der Waals surface area contributed by atoms with Crippen LogP contribution in [0.5, 0.6) is 0 Å². The summed E-state index contributed by atoms with van der Waals surface area (Å²) in [6.07, 6.45) is 3.19. The molecule has 2 aromatic carbocycles. The van der Waals surface area contributed by atoms with Gasteiger partial charge in [0.2, 0.25) is 0 Å². The van der Waals surface area contributed by atoms with Gasteiger partial charge in [0, 0.05) is 13.1 Å². The third-order valence-electron chi connectivity index (χ3n) is 3.76. The Balaban J connectivity index is 1.62. The Hall–Kier alpha value is -2.99. The maximum Gasteiger partial charge on any atom is 0.335 e. The Morgan fingerprint density at radius 3 is 2.62 bits per heavy atom. The zero-order valence-electron chi connectivity index (χ0n) is 13.3. The predicted molar refractivity (Wildman–Crippen MR) is 90.0 cm³/mol. The Labute approximate surface area is 139 Å². The smallest absolute Gasteiger partial charge is 0.335 e. The first-order chi connectivity index (χ1) is 11.6. The van der Waals surface area contributed by atoms with Crippen LogP contribution < -0.4 is 5.32 Å². The third-order valence-corrected chi connectivity index (χ3v) is 3.76. The molecule has 0 aliphatic carbocycles. The van der Waals surface area contributed by atoms with E-state index in [4.69, 9.17) is 5.11 Å². The summed E-state index contributed by atoms with van der Waals surface area (Å²) in [6.45, 7) is 3.36. The molecule has 1 heterocycles. The number of aromatic carboxylic acids is 1. The lowest BCUT2D eigenvalue weighted by molar-refractivity contribution is 0.0696. The zero-order valence-corrected chi connectivity index (χ0v) is 13.3. The Morgan fingerprint density at radius 2 is 1.96 bits per heavy atom. The number of hydrogen-bond acceptors (Lipinski definition) is 4. The minimum atomic E-state index is -0.906. The van der Waals surface area contributed by atoms with Gasteiger partial charge in [0.05, 0.1) is 11.3 Å². The molecule has 0 bridgehead atoms. The largest absolute Gasteiger partial charge is 0.478 e. The van der Waals surface area contributed by atoms with E-state index in [1.165, 1.54) is 6.33 Å². The van der Waals surface area contributed by atoms with E-state index in [9.17, 15) is 4.79 Å². The Bertz CT molecular complexity index is 844. The molecule has 0 aliphatic rings. The molecular weight excluding hydrogens is 304 g/mol. The van der Waals surface area contributed by atoms with Gasteiger partial charge in [-0.25, -0.2) is 14.5 Å². The summed E-state index contributed by atoms with van der Waals surface area (Å²) in [5.41, 5.74) is 4.54. The number of aryl methyl sites for hydroxylation is 1. The molecule has 3 rings (SSSR count). The van der Waals surface area contributed by atoms with Crippen molar-refractivity contribution in [1.29, 1.82) is 0 Å². The van der Waals surface area contributed by atoms with E-state index in [2.05, 4.69) is 21.5 Å². The molecule has 6 heteroatoms. The molecule has 122 valence electrons. The maximum atomic E-state index is 11.0. The Kier molecular flexibility index (Phi) is 4.67. The minimum Gasteiger partial charge on any atom is -0.478 e. The fourth-order valence-electron chi connectivity index (χ4n) is 2.58. The first-order valence-corrected chi connectivity index (χ1v) is 7.61. The van der Waals surface area contributed by atoms with Crippen molar-refractivity contribution >= 4 is 5.97 Å². The zero-order chi connectivity index (χ0) is 16.9. The second-order valence-corrected chi connectivity index (χ2v) is 5.57. The molecule has 1 aromatic heterocycles. The third kappa shape index (κ3) is 3.67. The van der Waals surface area contributed by atoms with Gasteiger partial charge in [0.1, 0.15) is 12.7 Å². The highest BCUT2D eigenvalue weighted by Crippen LogP contribution is 2.15. The van der Waals surface area contributed by atoms with Gasteiger partial charge in [0.25, 0.3) is 0 Å². The molecule has 0 amide bonds. The number of carboxylic acids is 1. The van der Waals surface area contributed by atoms with E-state index in [1.54, 1.807) is 29.2 Å². The number of aromatic nitrogens is 3. The van der Waals surface area contributed by atoms with Crippen molar-refractivity contribution in [3.8, 4) is 5.69 Å². The van der Waals surface area contributed by atoms with E-state index in [1.807, 2.05) is 25.1 Å². The molecule has 2 N–H and O–H groups in total. The van der Waals surface area contributed by atoms with Gasteiger partial charge >= 0.3 is 5.97 Å².